The highest BCUT2D eigenvalue weighted by molar-refractivity contribution is 5.98. The van der Waals surface area contributed by atoms with E-state index in [1.54, 1.807) is 18.2 Å². The second kappa shape index (κ2) is 13.5. The van der Waals surface area contributed by atoms with E-state index < -0.39 is 0 Å². The molecule has 1 saturated heterocycles. The van der Waals surface area contributed by atoms with Gasteiger partial charge in [0.25, 0.3) is 0 Å². The van der Waals surface area contributed by atoms with E-state index in [0.29, 0.717) is 48.9 Å². The molecular weight excluding hydrogens is 442 g/mol. The summed E-state index contributed by atoms with van der Waals surface area (Å²) in [5, 5.41) is 8.93. The number of carbonyl (C=O) groups is 2. The monoisotopic (exact) mass is 477 g/mol. The normalized spacial score (nSPS) is 13.8. The van der Waals surface area contributed by atoms with Crippen molar-refractivity contribution in [2.24, 2.45) is 0 Å². The van der Waals surface area contributed by atoms with Gasteiger partial charge in [-0.3, -0.25) is 14.5 Å². The van der Waals surface area contributed by atoms with Gasteiger partial charge in [0.15, 0.2) is 17.3 Å². The summed E-state index contributed by atoms with van der Waals surface area (Å²) in [7, 11) is 0. The second-order valence-corrected chi connectivity index (χ2v) is 8.75. The standard InChI is InChI=1S/C28H35N3O4/c1-3-17-34-26-11-9-24(19-27(26)35-18-4-2)25(32)10-12-28(33)31-15-13-30(14-16-31)21-23-7-5-22(20-29)6-8-23/h5-9,11,19H,3-4,10,12-18,21H2,1-2H3. The molecule has 0 spiro atoms. The first kappa shape index (κ1) is 26.2. The van der Waals surface area contributed by atoms with Crippen molar-refractivity contribution < 1.29 is 19.1 Å². The molecule has 1 aliphatic rings. The van der Waals surface area contributed by atoms with Crippen LogP contribution in [0.5, 0.6) is 11.5 Å². The van der Waals surface area contributed by atoms with Crippen LogP contribution in [0.15, 0.2) is 42.5 Å². The first-order valence-electron chi connectivity index (χ1n) is 12.5. The van der Waals surface area contributed by atoms with Gasteiger partial charge >= 0.3 is 0 Å². The quantitative estimate of drug-likeness (QED) is 0.420. The van der Waals surface area contributed by atoms with Crippen molar-refractivity contribution in [1.82, 2.24) is 9.80 Å². The smallest absolute Gasteiger partial charge is 0.223 e. The van der Waals surface area contributed by atoms with Crippen LogP contribution < -0.4 is 9.47 Å². The SMILES string of the molecule is CCCOc1ccc(C(=O)CCC(=O)N2CCN(Cc3ccc(C#N)cc3)CC2)cc1OCCC. The number of Topliss-reactive ketones (excluding diaryl/α,β-unsaturated/α-hetero) is 1. The molecule has 0 saturated carbocycles. The zero-order valence-corrected chi connectivity index (χ0v) is 20.8. The molecule has 1 aliphatic heterocycles. The molecule has 1 heterocycles. The van der Waals surface area contributed by atoms with Gasteiger partial charge in [-0.1, -0.05) is 26.0 Å². The van der Waals surface area contributed by atoms with Crippen LogP contribution in [0.3, 0.4) is 0 Å². The molecule has 0 unspecified atom stereocenters. The molecule has 3 rings (SSSR count). The molecule has 2 aromatic rings. The first-order valence-corrected chi connectivity index (χ1v) is 12.5. The van der Waals surface area contributed by atoms with E-state index in [0.717, 1.165) is 38.0 Å². The summed E-state index contributed by atoms with van der Waals surface area (Å²) < 4.78 is 11.5. The highest BCUT2D eigenvalue weighted by Crippen LogP contribution is 2.29. The maximum absolute atomic E-state index is 12.8. The topological polar surface area (TPSA) is 82.9 Å². The minimum Gasteiger partial charge on any atom is -0.490 e. The number of benzene rings is 2. The highest BCUT2D eigenvalue weighted by Gasteiger charge is 2.22. The summed E-state index contributed by atoms with van der Waals surface area (Å²) in [6, 6.07) is 15.0. The molecule has 0 N–H and O–H groups in total. The molecule has 35 heavy (non-hydrogen) atoms. The van der Waals surface area contributed by atoms with Crippen LogP contribution in [0, 0.1) is 11.3 Å². The van der Waals surface area contributed by atoms with Gasteiger partial charge in [0, 0.05) is 51.1 Å². The Kier molecular flexibility index (Phi) is 10.1. The van der Waals surface area contributed by atoms with E-state index >= 15 is 0 Å². The number of amides is 1. The number of hydrogen-bond donors (Lipinski definition) is 0. The van der Waals surface area contributed by atoms with Crippen LogP contribution in [-0.2, 0) is 11.3 Å². The lowest BCUT2D eigenvalue weighted by atomic mass is 10.1. The Morgan fingerprint density at radius 3 is 2.17 bits per heavy atom. The van der Waals surface area contributed by atoms with Crippen molar-refractivity contribution in [2.45, 2.75) is 46.1 Å². The van der Waals surface area contributed by atoms with Crippen LogP contribution in [0.4, 0.5) is 0 Å². The Bertz CT molecular complexity index is 1020. The van der Waals surface area contributed by atoms with Gasteiger partial charge in [0.1, 0.15) is 0 Å². The number of piperazine rings is 1. The molecular formula is C28H35N3O4. The highest BCUT2D eigenvalue weighted by atomic mass is 16.5. The molecule has 0 aliphatic carbocycles. The van der Waals surface area contributed by atoms with Gasteiger partial charge in [-0.05, 0) is 48.7 Å². The summed E-state index contributed by atoms with van der Waals surface area (Å²) in [5.74, 6) is 1.17. The lowest BCUT2D eigenvalue weighted by Crippen LogP contribution is -2.48. The Morgan fingerprint density at radius 1 is 0.886 bits per heavy atom. The van der Waals surface area contributed by atoms with Crippen molar-refractivity contribution in [2.75, 3.05) is 39.4 Å². The van der Waals surface area contributed by atoms with Crippen molar-refractivity contribution in [3.05, 3.63) is 59.2 Å². The van der Waals surface area contributed by atoms with Gasteiger partial charge < -0.3 is 14.4 Å². The molecule has 0 aromatic heterocycles. The molecule has 7 nitrogen and oxygen atoms in total. The molecule has 1 fully saturated rings. The zero-order chi connectivity index (χ0) is 25.0. The fourth-order valence-corrected chi connectivity index (χ4v) is 3.96. The molecule has 1 amide bonds. The van der Waals surface area contributed by atoms with E-state index in [1.165, 1.54) is 0 Å². The number of nitrogens with zero attached hydrogens (tertiary/aromatic N) is 3. The minimum absolute atomic E-state index is 0.0155. The molecule has 0 radical (unpaired) electrons. The summed E-state index contributed by atoms with van der Waals surface area (Å²) >= 11 is 0. The lowest BCUT2D eigenvalue weighted by Gasteiger charge is -2.34. The zero-order valence-electron chi connectivity index (χ0n) is 20.8. The number of rotatable bonds is 12. The number of nitriles is 1. The average Bonchev–Trinajstić information content (AvgIpc) is 2.90. The fraction of sp³-hybridized carbons (Fsp3) is 0.464. The number of ketones is 1. The fourth-order valence-electron chi connectivity index (χ4n) is 3.96. The summed E-state index contributed by atoms with van der Waals surface area (Å²) in [5.41, 5.74) is 2.35. The summed E-state index contributed by atoms with van der Waals surface area (Å²) in [4.78, 5) is 29.7. The van der Waals surface area contributed by atoms with Gasteiger partial charge in [0.2, 0.25) is 5.91 Å². The Balaban J connectivity index is 1.47. The molecule has 7 heteroatoms. The van der Waals surface area contributed by atoms with Gasteiger partial charge in [0.05, 0.1) is 24.8 Å². The number of ether oxygens (including phenoxy) is 2. The van der Waals surface area contributed by atoms with E-state index in [-0.39, 0.29) is 24.5 Å². The maximum Gasteiger partial charge on any atom is 0.223 e. The lowest BCUT2D eigenvalue weighted by molar-refractivity contribution is -0.133. The Morgan fingerprint density at radius 2 is 1.54 bits per heavy atom. The van der Waals surface area contributed by atoms with Crippen molar-refractivity contribution >= 4 is 11.7 Å². The van der Waals surface area contributed by atoms with Crippen molar-refractivity contribution in [1.29, 1.82) is 5.26 Å². The third-order valence-corrected chi connectivity index (χ3v) is 5.97. The van der Waals surface area contributed by atoms with E-state index in [4.69, 9.17) is 14.7 Å². The number of carbonyl (C=O) groups excluding carboxylic acids is 2. The summed E-state index contributed by atoms with van der Waals surface area (Å²) in [6.07, 6.45) is 2.13. The average molecular weight is 478 g/mol. The Hall–Kier alpha value is -3.37. The second-order valence-electron chi connectivity index (χ2n) is 8.75. The Labute approximate surface area is 208 Å². The molecule has 0 atom stereocenters. The predicted molar refractivity (Wildman–Crippen MR) is 135 cm³/mol. The summed E-state index contributed by atoms with van der Waals surface area (Å²) in [6.45, 7) is 8.89. The largest absolute Gasteiger partial charge is 0.490 e. The van der Waals surface area contributed by atoms with Crippen LogP contribution in [0.1, 0.15) is 61.0 Å². The van der Waals surface area contributed by atoms with Crippen LogP contribution in [-0.4, -0.2) is 60.9 Å². The third kappa shape index (κ3) is 7.83. The molecule has 186 valence electrons. The minimum atomic E-state index is -0.0683. The van der Waals surface area contributed by atoms with Gasteiger partial charge in [-0.25, -0.2) is 0 Å². The van der Waals surface area contributed by atoms with Crippen LogP contribution in [0.25, 0.3) is 0 Å². The number of hydrogen-bond acceptors (Lipinski definition) is 6. The van der Waals surface area contributed by atoms with Gasteiger partial charge in [-0.15, -0.1) is 0 Å². The van der Waals surface area contributed by atoms with Crippen molar-refractivity contribution in [3.8, 4) is 17.6 Å². The van der Waals surface area contributed by atoms with E-state index in [9.17, 15) is 9.59 Å². The molecule has 2 aromatic carbocycles. The first-order chi connectivity index (χ1) is 17.0. The van der Waals surface area contributed by atoms with E-state index in [2.05, 4.69) is 11.0 Å². The molecule has 0 bridgehead atoms. The predicted octanol–water partition coefficient (Wildman–Crippen LogP) is 4.44. The van der Waals surface area contributed by atoms with Crippen molar-refractivity contribution in [3.63, 3.8) is 0 Å². The maximum atomic E-state index is 12.8. The van der Waals surface area contributed by atoms with Crippen LogP contribution in [0.2, 0.25) is 0 Å². The van der Waals surface area contributed by atoms with E-state index in [1.807, 2.05) is 43.0 Å². The van der Waals surface area contributed by atoms with Crippen LogP contribution >= 0.6 is 0 Å². The van der Waals surface area contributed by atoms with Gasteiger partial charge in [-0.2, -0.15) is 5.26 Å². The third-order valence-electron chi connectivity index (χ3n) is 5.97.